The second-order valence-corrected chi connectivity index (χ2v) is 4.31. The lowest BCUT2D eigenvalue weighted by Gasteiger charge is -2.07. The molecule has 0 aromatic carbocycles. The Balaban J connectivity index is 3.67. The number of hydrogen-bond acceptors (Lipinski definition) is 1. The zero-order valence-corrected chi connectivity index (χ0v) is 10.4. The van der Waals surface area contributed by atoms with E-state index < -0.39 is 0 Å². The van der Waals surface area contributed by atoms with Gasteiger partial charge in [0, 0.05) is 0 Å². The largest absolute Gasteiger partial charge is 0.309 e. The SMILES string of the molecule is CC=C(C)CC(C)=CCCCN(C)C. The van der Waals surface area contributed by atoms with Crippen molar-refractivity contribution in [1.29, 1.82) is 0 Å². The summed E-state index contributed by atoms with van der Waals surface area (Å²) in [7, 11) is 4.25. The fourth-order valence-corrected chi connectivity index (χ4v) is 1.37. The third kappa shape index (κ3) is 8.06. The number of nitrogens with zero attached hydrogens (tertiary/aromatic N) is 1. The van der Waals surface area contributed by atoms with Gasteiger partial charge in [-0.3, -0.25) is 0 Å². The molecule has 0 N–H and O–H groups in total. The lowest BCUT2D eigenvalue weighted by molar-refractivity contribution is 0.401. The van der Waals surface area contributed by atoms with Gasteiger partial charge in [0.2, 0.25) is 0 Å². The van der Waals surface area contributed by atoms with Gasteiger partial charge in [-0.05, 0) is 60.7 Å². The molecule has 0 saturated heterocycles. The van der Waals surface area contributed by atoms with E-state index in [0.717, 1.165) is 6.42 Å². The Kier molecular flexibility index (Phi) is 7.50. The van der Waals surface area contributed by atoms with Gasteiger partial charge in [-0.15, -0.1) is 0 Å². The molecule has 0 radical (unpaired) electrons. The number of allylic oxidation sites excluding steroid dienone is 4. The Morgan fingerprint density at radius 1 is 1.14 bits per heavy atom. The molecule has 0 bridgehead atoms. The van der Waals surface area contributed by atoms with Crippen LogP contribution in [0.15, 0.2) is 23.3 Å². The molecule has 0 unspecified atom stereocenters. The zero-order chi connectivity index (χ0) is 11.0. The van der Waals surface area contributed by atoms with Crippen LogP contribution < -0.4 is 0 Å². The van der Waals surface area contributed by atoms with Crippen molar-refractivity contribution in [3.63, 3.8) is 0 Å². The molecular weight excluding hydrogens is 170 g/mol. The van der Waals surface area contributed by atoms with E-state index in [9.17, 15) is 0 Å². The van der Waals surface area contributed by atoms with E-state index in [1.165, 1.54) is 30.5 Å². The lowest BCUT2D eigenvalue weighted by Crippen LogP contribution is -2.12. The maximum Gasteiger partial charge on any atom is -0.00219 e. The van der Waals surface area contributed by atoms with Crippen LogP contribution in [-0.4, -0.2) is 25.5 Å². The Bertz CT molecular complexity index is 199. The van der Waals surface area contributed by atoms with Crippen molar-refractivity contribution in [2.75, 3.05) is 20.6 Å². The summed E-state index contributed by atoms with van der Waals surface area (Å²) in [6.07, 6.45) is 8.17. The molecule has 0 aromatic rings. The summed E-state index contributed by atoms with van der Waals surface area (Å²) in [6.45, 7) is 7.71. The highest BCUT2D eigenvalue weighted by molar-refractivity contribution is 5.11. The van der Waals surface area contributed by atoms with Crippen molar-refractivity contribution >= 4 is 0 Å². The highest BCUT2D eigenvalue weighted by atomic mass is 15.0. The molecule has 0 heterocycles. The molecule has 1 nitrogen and oxygen atoms in total. The molecule has 1 heteroatoms. The van der Waals surface area contributed by atoms with Gasteiger partial charge in [-0.2, -0.15) is 0 Å². The first-order chi connectivity index (χ1) is 6.56. The Morgan fingerprint density at radius 3 is 2.29 bits per heavy atom. The van der Waals surface area contributed by atoms with Gasteiger partial charge >= 0.3 is 0 Å². The van der Waals surface area contributed by atoms with Gasteiger partial charge in [0.05, 0.1) is 0 Å². The fourth-order valence-electron chi connectivity index (χ4n) is 1.37. The van der Waals surface area contributed by atoms with Crippen LogP contribution in [0.3, 0.4) is 0 Å². The molecule has 14 heavy (non-hydrogen) atoms. The Morgan fingerprint density at radius 2 is 1.79 bits per heavy atom. The summed E-state index contributed by atoms with van der Waals surface area (Å²) in [5.74, 6) is 0. The molecule has 0 aliphatic heterocycles. The third-order valence-corrected chi connectivity index (χ3v) is 2.35. The minimum Gasteiger partial charge on any atom is -0.309 e. The zero-order valence-electron chi connectivity index (χ0n) is 10.4. The van der Waals surface area contributed by atoms with Crippen LogP contribution in [0.1, 0.15) is 40.0 Å². The summed E-state index contributed by atoms with van der Waals surface area (Å²) in [5, 5.41) is 0. The van der Waals surface area contributed by atoms with Crippen LogP contribution in [-0.2, 0) is 0 Å². The molecule has 82 valence electrons. The predicted molar refractivity (Wildman–Crippen MR) is 65.6 cm³/mol. The molecule has 0 atom stereocenters. The highest BCUT2D eigenvalue weighted by Crippen LogP contribution is 2.10. The van der Waals surface area contributed by atoms with E-state index >= 15 is 0 Å². The van der Waals surface area contributed by atoms with Crippen molar-refractivity contribution in [2.24, 2.45) is 0 Å². The van der Waals surface area contributed by atoms with Gasteiger partial charge in [-0.1, -0.05) is 23.3 Å². The van der Waals surface area contributed by atoms with Crippen LogP contribution >= 0.6 is 0 Å². The number of rotatable bonds is 6. The van der Waals surface area contributed by atoms with E-state index in [1.807, 2.05) is 0 Å². The van der Waals surface area contributed by atoms with Gasteiger partial charge in [-0.25, -0.2) is 0 Å². The third-order valence-electron chi connectivity index (χ3n) is 2.35. The molecule has 0 aliphatic carbocycles. The van der Waals surface area contributed by atoms with E-state index in [2.05, 4.69) is 51.9 Å². The van der Waals surface area contributed by atoms with Crippen molar-refractivity contribution in [2.45, 2.75) is 40.0 Å². The molecule has 0 saturated carbocycles. The van der Waals surface area contributed by atoms with Gasteiger partial charge in [0.1, 0.15) is 0 Å². The average Bonchev–Trinajstić information content (AvgIpc) is 2.12. The Labute approximate surface area is 89.5 Å². The normalized spacial score (nSPS) is 13.9. The van der Waals surface area contributed by atoms with Crippen LogP contribution in [0.25, 0.3) is 0 Å². The first-order valence-corrected chi connectivity index (χ1v) is 5.48. The van der Waals surface area contributed by atoms with Gasteiger partial charge in [0.15, 0.2) is 0 Å². The van der Waals surface area contributed by atoms with Crippen LogP contribution in [0.5, 0.6) is 0 Å². The van der Waals surface area contributed by atoms with Crippen LogP contribution in [0.2, 0.25) is 0 Å². The minimum absolute atomic E-state index is 1.14. The van der Waals surface area contributed by atoms with E-state index in [1.54, 1.807) is 0 Å². The number of hydrogen-bond donors (Lipinski definition) is 0. The topological polar surface area (TPSA) is 3.24 Å². The predicted octanol–water partition coefficient (Wildman–Crippen LogP) is 3.63. The van der Waals surface area contributed by atoms with Crippen LogP contribution in [0, 0.1) is 0 Å². The average molecular weight is 195 g/mol. The summed E-state index contributed by atoms with van der Waals surface area (Å²) in [5.41, 5.74) is 2.96. The first-order valence-electron chi connectivity index (χ1n) is 5.48. The molecule has 0 aromatic heterocycles. The van der Waals surface area contributed by atoms with Crippen molar-refractivity contribution in [1.82, 2.24) is 4.90 Å². The van der Waals surface area contributed by atoms with Gasteiger partial charge < -0.3 is 4.90 Å². The van der Waals surface area contributed by atoms with E-state index in [-0.39, 0.29) is 0 Å². The summed E-state index contributed by atoms with van der Waals surface area (Å²) in [4.78, 5) is 2.24. The molecule has 0 aliphatic rings. The van der Waals surface area contributed by atoms with Crippen LogP contribution in [0.4, 0.5) is 0 Å². The molecule has 0 fully saturated rings. The maximum absolute atomic E-state index is 2.37. The second kappa shape index (κ2) is 7.81. The molecule has 0 amide bonds. The highest BCUT2D eigenvalue weighted by Gasteiger charge is 1.92. The standard InChI is InChI=1S/C13H25N/c1-6-12(2)11-13(3)9-7-8-10-14(4)5/h6,9H,7-8,10-11H2,1-5H3. The number of unbranched alkanes of at least 4 members (excludes halogenated alkanes) is 1. The molecule has 0 rings (SSSR count). The monoisotopic (exact) mass is 195 g/mol. The quantitative estimate of drug-likeness (QED) is 0.462. The minimum atomic E-state index is 1.14. The second-order valence-electron chi connectivity index (χ2n) is 4.31. The van der Waals surface area contributed by atoms with E-state index in [4.69, 9.17) is 0 Å². The Hall–Kier alpha value is -0.560. The lowest BCUT2D eigenvalue weighted by atomic mass is 10.1. The summed E-state index contributed by atoms with van der Waals surface area (Å²) < 4.78 is 0. The summed E-state index contributed by atoms with van der Waals surface area (Å²) in [6, 6.07) is 0. The summed E-state index contributed by atoms with van der Waals surface area (Å²) >= 11 is 0. The molecule has 0 spiro atoms. The fraction of sp³-hybridized carbons (Fsp3) is 0.692. The van der Waals surface area contributed by atoms with Crippen molar-refractivity contribution in [3.8, 4) is 0 Å². The smallest absolute Gasteiger partial charge is 0.00219 e. The van der Waals surface area contributed by atoms with Crippen molar-refractivity contribution in [3.05, 3.63) is 23.3 Å². The maximum atomic E-state index is 2.37. The molecular formula is C13H25N. The van der Waals surface area contributed by atoms with Crippen molar-refractivity contribution < 1.29 is 0 Å². The first kappa shape index (κ1) is 13.4. The van der Waals surface area contributed by atoms with E-state index in [0.29, 0.717) is 0 Å². The van der Waals surface area contributed by atoms with Gasteiger partial charge in [0.25, 0.3) is 0 Å².